The molecule has 0 nitrogen and oxygen atoms in total. The van der Waals surface area contributed by atoms with E-state index >= 15 is 0 Å². The van der Waals surface area contributed by atoms with Crippen molar-refractivity contribution in [2.75, 3.05) is 0 Å². The summed E-state index contributed by atoms with van der Waals surface area (Å²) in [5.41, 5.74) is 15.7. The highest BCUT2D eigenvalue weighted by Crippen LogP contribution is 2.56. The van der Waals surface area contributed by atoms with Crippen LogP contribution in [-0.2, 0) is 11.8 Å². The predicted molar refractivity (Wildman–Crippen MR) is 244 cm³/mol. The van der Waals surface area contributed by atoms with Crippen molar-refractivity contribution in [2.45, 2.75) is 51.4 Å². The van der Waals surface area contributed by atoms with Crippen molar-refractivity contribution in [2.24, 2.45) is 5.92 Å². The van der Waals surface area contributed by atoms with Gasteiger partial charge in [-0.25, -0.2) is 0 Å². The van der Waals surface area contributed by atoms with E-state index in [4.69, 9.17) is 0 Å². The highest BCUT2D eigenvalue weighted by molar-refractivity contribution is 7.25. The second-order valence-electron chi connectivity index (χ2n) is 16.9. The van der Waals surface area contributed by atoms with Gasteiger partial charge in [-0.2, -0.15) is 0 Å². The van der Waals surface area contributed by atoms with Gasteiger partial charge in [-0.3, -0.25) is 0 Å². The van der Waals surface area contributed by atoms with Gasteiger partial charge in [0.05, 0.1) is 0 Å². The fraction of sp³-hybridized carbons (Fsp3) is 0.164. The lowest BCUT2D eigenvalue weighted by Crippen LogP contribution is -2.17. The maximum absolute atomic E-state index is 2.63. The number of hydrogen-bond acceptors (Lipinski definition) is 1. The lowest BCUT2D eigenvalue weighted by molar-refractivity contribution is 0.650. The Kier molecular flexibility index (Phi) is 7.03. The summed E-state index contributed by atoms with van der Waals surface area (Å²) >= 11 is 1.93. The lowest BCUT2D eigenvalue weighted by atomic mass is 9.75. The molecule has 4 aliphatic carbocycles. The van der Waals surface area contributed by atoms with Gasteiger partial charge < -0.3 is 0 Å². The molecule has 1 heterocycles. The molecule has 1 unspecified atom stereocenters. The molecule has 268 valence electrons. The maximum atomic E-state index is 2.63. The second kappa shape index (κ2) is 12.1. The van der Waals surface area contributed by atoms with E-state index in [1.165, 1.54) is 114 Å². The topological polar surface area (TPSA) is 0 Å². The van der Waals surface area contributed by atoms with E-state index in [1.807, 2.05) is 11.3 Å². The highest BCUT2D eigenvalue weighted by Gasteiger charge is 2.41. The zero-order chi connectivity index (χ0) is 37.1. The Morgan fingerprint density at radius 1 is 0.625 bits per heavy atom. The Bertz CT molecular complexity index is 3130. The van der Waals surface area contributed by atoms with Crippen LogP contribution in [-0.4, -0.2) is 0 Å². The van der Waals surface area contributed by atoms with E-state index in [0.717, 1.165) is 32.1 Å². The average Bonchev–Trinajstić information content (AvgIpc) is 3.72. The molecule has 0 spiro atoms. The molecule has 0 amide bonds. The van der Waals surface area contributed by atoms with E-state index in [-0.39, 0.29) is 5.41 Å². The van der Waals surface area contributed by atoms with Crippen LogP contribution in [0.2, 0.25) is 0 Å². The number of allylic oxidation sites excluding steroid dienone is 9. The summed E-state index contributed by atoms with van der Waals surface area (Å²) in [6.45, 7) is 4.90. The molecule has 1 aromatic heterocycles. The van der Waals surface area contributed by atoms with Crippen LogP contribution in [0.4, 0.5) is 0 Å². The fourth-order valence-corrected chi connectivity index (χ4v) is 12.0. The van der Waals surface area contributed by atoms with E-state index in [2.05, 4.69) is 166 Å². The molecule has 1 atom stereocenters. The molecule has 0 N–H and O–H groups in total. The molecule has 12 rings (SSSR count). The lowest BCUT2D eigenvalue weighted by Gasteiger charge is -2.28. The Morgan fingerprint density at radius 2 is 1.38 bits per heavy atom. The molecule has 0 radical (unpaired) electrons. The van der Waals surface area contributed by atoms with Crippen LogP contribution in [0.3, 0.4) is 0 Å². The van der Waals surface area contributed by atoms with Crippen LogP contribution >= 0.6 is 11.3 Å². The number of benzene rings is 7. The van der Waals surface area contributed by atoms with Crippen LogP contribution in [0.15, 0.2) is 157 Å². The Morgan fingerprint density at radius 3 is 2.18 bits per heavy atom. The van der Waals surface area contributed by atoms with E-state index in [9.17, 15) is 0 Å². The predicted octanol–water partition coefficient (Wildman–Crippen LogP) is 15.6. The van der Waals surface area contributed by atoms with Crippen molar-refractivity contribution in [1.82, 2.24) is 0 Å². The molecular formula is C55H42S. The molecule has 0 fully saturated rings. The van der Waals surface area contributed by atoms with Crippen molar-refractivity contribution >= 4 is 81.0 Å². The minimum atomic E-state index is -0.0493. The van der Waals surface area contributed by atoms with Gasteiger partial charge in [0.2, 0.25) is 0 Å². The number of hydrogen-bond donors (Lipinski definition) is 0. The second-order valence-corrected chi connectivity index (χ2v) is 18.0. The summed E-state index contributed by atoms with van der Waals surface area (Å²) < 4.78 is 2.75. The quantitative estimate of drug-likeness (QED) is 0.159. The zero-order valence-corrected chi connectivity index (χ0v) is 32.8. The van der Waals surface area contributed by atoms with Gasteiger partial charge in [0.15, 0.2) is 0 Å². The molecule has 4 aliphatic rings. The first kappa shape index (κ1) is 32.5. The van der Waals surface area contributed by atoms with E-state index in [0.29, 0.717) is 5.92 Å². The largest absolute Gasteiger partial charge is 0.135 e. The molecule has 7 aromatic carbocycles. The molecular weight excluding hydrogens is 693 g/mol. The number of thiophene rings is 1. The molecule has 0 aliphatic heterocycles. The monoisotopic (exact) mass is 734 g/mol. The number of fused-ring (bicyclic) bond motifs is 11. The van der Waals surface area contributed by atoms with Crippen LogP contribution < -0.4 is 0 Å². The first-order valence-corrected chi connectivity index (χ1v) is 21.3. The molecule has 56 heavy (non-hydrogen) atoms. The van der Waals surface area contributed by atoms with Crippen LogP contribution in [0, 0.1) is 5.92 Å². The van der Waals surface area contributed by atoms with Gasteiger partial charge in [-0.05, 0) is 144 Å². The first-order valence-electron chi connectivity index (χ1n) is 20.5. The first-order chi connectivity index (χ1) is 27.5. The number of aryl methyl sites for hydroxylation is 1. The van der Waals surface area contributed by atoms with E-state index < -0.39 is 0 Å². The standard InChI is InChI=1S/C55H42S/c1-55(2)49-27-25-36(30-47(49)45-26-24-37-31-48-40-16-9-10-21-50(40)56-51(48)32-46(37)54(45)55)35-14-11-15-38(29-35)52-41-17-5-7-19-43(41)53(44-20-8-6-18-42(44)52)39-23-22-33-12-3-4-13-34(33)28-39/h3,5-10,12,14,16-24,26-32,36H,4,11,13,15,25H2,1-2H3. The third kappa shape index (κ3) is 4.71. The Hall–Kier alpha value is -5.76. The van der Waals surface area contributed by atoms with Gasteiger partial charge in [0.25, 0.3) is 0 Å². The molecule has 1 heteroatoms. The van der Waals surface area contributed by atoms with Gasteiger partial charge >= 0.3 is 0 Å². The van der Waals surface area contributed by atoms with Gasteiger partial charge in [-0.1, -0.05) is 147 Å². The minimum Gasteiger partial charge on any atom is -0.135 e. The normalized spacial score (nSPS) is 18.5. The smallest absolute Gasteiger partial charge is 0.0361 e. The fourth-order valence-electron chi connectivity index (χ4n) is 10.9. The van der Waals surface area contributed by atoms with Gasteiger partial charge in [0, 0.05) is 31.5 Å². The van der Waals surface area contributed by atoms with Crippen molar-refractivity contribution in [3.63, 3.8) is 0 Å². The summed E-state index contributed by atoms with van der Waals surface area (Å²) in [4.78, 5) is 0. The van der Waals surface area contributed by atoms with E-state index in [1.54, 1.807) is 0 Å². The summed E-state index contributed by atoms with van der Waals surface area (Å²) in [5.74, 6) is 0.355. The third-order valence-corrected chi connectivity index (χ3v) is 14.6. The SMILES string of the molecule is CC1(C)C2=CCC(C3=CCCC(c4c5ccccc5c(-c5ccc6c(c5)CCC=C6)c5ccccc45)=C3)C=C2c2ccc3cc4c(cc3c21)sc1ccccc14. The highest BCUT2D eigenvalue weighted by atomic mass is 32.1. The summed E-state index contributed by atoms with van der Waals surface area (Å²) in [7, 11) is 0. The zero-order valence-electron chi connectivity index (χ0n) is 32.0. The summed E-state index contributed by atoms with van der Waals surface area (Å²) in [6.07, 6.45) is 20.3. The molecule has 0 saturated carbocycles. The Balaban J connectivity index is 0.974. The van der Waals surface area contributed by atoms with Gasteiger partial charge in [-0.15, -0.1) is 11.3 Å². The third-order valence-electron chi connectivity index (χ3n) is 13.5. The van der Waals surface area contributed by atoms with Crippen molar-refractivity contribution in [1.29, 1.82) is 0 Å². The molecule has 0 saturated heterocycles. The van der Waals surface area contributed by atoms with Crippen LogP contribution in [0.25, 0.3) is 80.8 Å². The number of rotatable bonds is 3. The van der Waals surface area contributed by atoms with Crippen molar-refractivity contribution in [3.8, 4) is 11.1 Å². The maximum Gasteiger partial charge on any atom is 0.0361 e. The van der Waals surface area contributed by atoms with Crippen LogP contribution in [0.5, 0.6) is 0 Å². The van der Waals surface area contributed by atoms with Crippen molar-refractivity contribution < 1.29 is 0 Å². The Labute approximate surface area is 332 Å². The molecule has 0 bridgehead atoms. The minimum absolute atomic E-state index is 0.0493. The summed E-state index contributed by atoms with van der Waals surface area (Å²) in [6, 6.07) is 44.1. The molecule has 8 aromatic rings. The van der Waals surface area contributed by atoms with Crippen LogP contribution in [0.1, 0.15) is 67.3 Å². The summed E-state index contributed by atoms with van der Waals surface area (Å²) in [5, 5.41) is 10.9. The van der Waals surface area contributed by atoms with Crippen molar-refractivity contribution in [3.05, 3.63) is 185 Å². The average molecular weight is 735 g/mol. The van der Waals surface area contributed by atoms with Gasteiger partial charge in [0.1, 0.15) is 0 Å².